The van der Waals surface area contributed by atoms with Gasteiger partial charge < -0.3 is 10.1 Å². The lowest BCUT2D eigenvalue weighted by Gasteiger charge is -2.18. The number of aromatic amines is 1. The second-order valence-corrected chi connectivity index (χ2v) is 3.87. The third-order valence-electron chi connectivity index (χ3n) is 2.68. The van der Waals surface area contributed by atoms with E-state index in [1.807, 2.05) is 0 Å². The van der Waals surface area contributed by atoms with E-state index in [0.717, 1.165) is 19.4 Å². The fraction of sp³-hybridized carbons (Fsp3) is 0.545. The number of nitrogens with one attached hydrogen (secondary N) is 2. The molecule has 0 spiro atoms. The van der Waals surface area contributed by atoms with Gasteiger partial charge >= 0.3 is 5.97 Å². The summed E-state index contributed by atoms with van der Waals surface area (Å²) in [5.74, 6) is -0.332. The van der Waals surface area contributed by atoms with Crippen molar-refractivity contribution in [2.75, 3.05) is 18.5 Å². The van der Waals surface area contributed by atoms with Crippen LogP contribution in [0, 0.1) is 0 Å². The van der Waals surface area contributed by atoms with Crippen molar-refractivity contribution in [3.05, 3.63) is 21.6 Å². The van der Waals surface area contributed by atoms with E-state index < -0.39 is 0 Å². The predicted octanol–water partition coefficient (Wildman–Crippen LogP) is 0.234. The standard InChI is InChI=1S/C11H15N3O3/c1-2-17-9(15)6-8-10-7(4-3-5-12-10)11(16)14-13-8/h12H,2-6H2,1H3,(H,14,16). The molecule has 0 atom stereocenters. The second-order valence-electron chi connectivity index (χ2n) is 3.87. The van der Waals surface area contributed by atoms with Crippen molar-refractivity contribution in [3.63, 3.8) is 0 Å². The fourth-order valence-electron chi connectivity index (χ4n) is 1.93. The lowest BCUT2D eigenvalue weighted by molar-refractivity contribution is -0.142. The molecule has 0 aliphatic carbocycles. The molecule has 0 saturated carbocycles. The Bertz CT molecular complexity index is 481. The topological polar surface area (TPSA) is 84.1 Å². The summed E-state index contributed by atoms with van der Waals surface area (Å²) in [6.07, 6.45) is 1.72. The van der Waals surface area contributed by atoms with Crippen molar-refractivity contribution in [1.29, 1.82) is 0 Å². The molecule has 1 aromatic heterocycles. The van der Waals surface area contributed by atoms with Gasteiger partial charge in [-0.1, -0.05) is 0 Å². The van der Waals surface area contributed by atoms with Crippen LogP contribution in [-0.2, 0) is 22.4 Å². The molecular formula is C11H15N3O3. The fourth-order valence-corrected chi connectivity index (χ4v) is 1.93. The molecule has 0 saturated heterocycles. The van der Waals surface area contributed by atoms with Gasteiger partial charge in [-0.15, -0.1) is 0 Å². The van der Waals surface area contributed by atoms with Crippen molar-refractivity contribution < 1.29 is 9.53 Å². The molecule has 0 aromatic carbocycles. The number of hydrogen-bond donors (Lipinski definition) is 2. The zero-order valence-electron chi connectivity index (χ0n) is 9.71. The third-order valence-corrected chi connectivity index (χ3v) is 2.68. The third kappa shape index (κ3) is 2.46. The molecule has 0 amide bonds. The molecule has 2 rings (SSSR count). The minimum atomic E-state index is -0.332. The van der Waals surface area contributed by atoms with Gasteiger partial charge in [0.25, 0.3) is 5.56 Å². The smallest absolute Gasteiger partial charge is 0.312 e. The SMILES string of the molecule is CCOC(=O)Cc1n[nH]c(=O)c2c1NCCC2. The maximum Gasteiger partial charge on any atom is 0.312 e. The summed E-state index contributed by atoms with van der Waals surface area (Å²) in [6.45, 7) is 2.90. The molecule has 92 valence electrons. The highest BCUT2D eigenvalue weighted by molar-refractivity contribution is 5.75. The highest BCUT2D eigenvalue weighted by atomic mass is 16.5. The highest BCUT2D eigenvalue weighted by Gasteiger charge is 2.19. The monoisotopic (exact) mass is 237 g/mol. The highest BCUT2D eigenvalue weighted by Crippen LogP contribution is 2.21. The van der Waals surface area contributed by atoms with Crippen molar-refractivity contribution in [2.24, 2.45) is 0 Å². The molecular weight excluding hydrogens is 222 g/mol. The van der Waals surface area contributed by atoms with Crippen molar-refractivity contribution in [2.45, 2.75) is 26.2 Å². The predicted molar refractivity (Wildman–Crippen MR) is 62.0 cm³/mol. The molecule has 0 fully saturated rings. The summed E-state index contributed by atoms with van der Waals surface area (Å²) in [5.41, 5.74) is 1.76. The van der Waals surface area contributed by atoms with E-state index in [1.54, 1.807) is 6.92 Å². The van der Waals surface area contributed by atoms with Crippen LogP contribution in [0.1, 0.15) is 24.6 Å². The van der Waals surface area contributed by atoms with E-state index in [-0.39, 0.29) is 17.9 Å². The molecule has 1 aliphatic heterocycles. The van der Waals surface area contributed by atoms with Gasteiger partial charge in [0.1, 0.15) is 0 Å². The van der Waals surface area contributed by atoms with Crippen LogP contribution >= 0.6 is 0 Å². The van der Waals surface area contributed by atoms with Crippen molar-refractivity contribution in [3.8, 4) is 0 Å². The normalized spacial score (nSPS) is 13.7. The average Bonchev–Trinajstić information content (AvgIpc) is 2.34. The Labute approximate surface area is 98.4 Å². The van der Waals surface area contributed by atoms with E-state index in [1.165, 1.54) is 0 Å². The van der Waals surface area contributed by atoms with E-state index in [2.05, 4.69) is 15.5 Å². The van der Waals surface area contributed by atoms with Crippen LogP contribution in [0.4, 0.5) is 5.69 Å². The zero-order valence-corrected chi connectivity index (χ0v) is 9.71. The van der Waals surface area contributed by atoms with Crippen LogP contribution in [0.25, 0.3) is 0 Å². The number of nitrogens with zero attached hydrogens (tertiary/aromatic N) is 1. The zero-order chi connectivity index (χ0) is 12.3. The Hall–Kier alpha value is -1.85. The Morgan fingerprint density at radius 3 is 3.12 bits per heavy atom. The van der Waals surface area contributed by atoms with E-state index in [4.69, 9.17) is 4.74 Å². The van der Waals surface area contributed by atoms with E-state index in [9.17, 15) is 9.59 Å². The quantitative estimate of drug-likeness (QED) is 0.735. The summed E-state index contributed by atoms with van der Waals surface area (Å²) < 4.78 is 4.87. The minimum absolute atomic E-state index is 0.0833. The first-order chi connectivity index (χ1) is 8.22. The molecule has 0 unspecified atom stereocenters. The number of aromatic nitrogens is 2. The summed E-state index contributed by atoms with van der Waals surface area (Å²) in [5, 5.41) is 9.46. The van der Waals surface area contributed by atoms with E-state index >= 15 is 0 Å². The lowest BCUT2D eigenvalue weighted by Crippen LogP contribution is -2.26. The number of ether oxygens (including phenoxy) is 1. The summed E-state index contributed by atoms with van der Waals surface area (Å²) in [6, 6.07) is 0. The summed E-state index contributed by atoms with van der Waals surface area (Å²) >= 11 is 0. The first-order valence-electron chi connectivity index (χ1n) is 5.72. The van der Waals surface area contributed by atoms with Crippen LogP contribution in [-0.4, -0.2) is 29.3 Å². The number of carbonyl (C=O) groups is 1. The van der Waals surface area contributed by atoms with Crippen LogP contribution < -0.4 is 10.9 Å². The van der Waals surface area contributed by atoms with Crippen LogP contribution in [0.3, 0.4) is 0 Å². The van der Waals surface area contributed by atoms with Gasteiger partial charge in [-0.3, -0.25) is 9.59 Å². The van der Waals surface area contributed by atoms with Gasteiger partial charge in [-0.05, 0) is 19.8 Å². The van der Waals surface area contributed by atoms with Gasteiger partial charge in [-0.25, -0.2) is 5.10 Å². The molecule has 2 heterocycles. The first-order valence-corrected chi connectivity index (χ1v) is 5.72. The van der Waals surface area contributed by atoms with Gasteiger partial charge in [0.15, 0.2) is 0 Å². The molecule has 1 aromatic rings. The number of rotatable bonds is 3. The van der Waals surface area contributed by atoms with Gasteiger partial charge in [0.2, 0.25) is 0 Å². The van der Waals surface area contributed by atoms with Crippen molar-refractivity contribution >= 4 is 11.7 Å². The van der Waals surface area contributed by atoms with Crippen LogP contribution in [0.15, 0.2) is 4.79 Å². The summed E-state index contributed by atoms with van der Waals surface area (Å²) in [4.78, 5) is 23.0. The number of hydrogen-bond acceptors (Lipinski definition) is 5. The Balaban J connectivity index is 2.29. The number of H-pyrrole nitrogens is 1. The van der Waals surface area contributed by atoms with Gasteiger partial charge in [0, 0.05) is 12.1 Å². The Kier molecular flexibility index (Phi) is 3.41. The van der Waals surface area contributed by atoms with Crippen LogP contribution in [0.2, 0.25) is 0 Å². The first kappa shape index (κ1) is 11.6. The lowest BCUT2D eigenvalue weighted by atomic mass is 10.0. The molecule has 6 nitrogen and oxygen atoms in total. The Morgan fingerprint density at radius 2 is 2.35 bits per heavy atom. The van der Waals surface area contributed by atoms with Crippen molar-refractivity contribution in [1.82, 2.24) is 10.2 Å². The number of anilines is 1. The minimum Gasteiger partial charge on any atom is -0.466 e. The van der Waals surface area contributed by atoms with Crippen LogP contribution in [0.5, 0.6) is 0 Å². The largest absolute Gasteiger partial charge is 0.466 e. The number of esters is 1. The molecule has 17 heavy (non-hydrogen) atoms. The molecule has 6 heteroatoms. The molecule has 0 radical (unpaired) electrons. The van der Waals surface area contributed by atoms with Gasteiger partial charge in [0.05, 0.1) is 24.4 Å². The van der Waals surface area contributed by atoms with E-state index in [0.29, 0.717) is 23.6 Å². The Morgan fingerprint density at radius 1 is 1.53 bits per heavy atom. The van der Waals surface area contributed by atoms with Gasteiger partial charge in [-0.2, -0.15) is 5.10 Å². The molecule has 2 N–H and O–H groups in total. The molecule has 0 bridgehead atoms. The molecule has 1 aliphatic rings. The second kappa shape index (κ2) is 4.99. The maximum atomic E-state index is 11.6. The number of carbonyl (C=O) groups excluding carboxylic acids is 1. The maximum absolute atomic E-state index is 11.6. The average molecular weight is 237 g/mol. The summed E-state index contributed by atoms with van der Waals surface area (Å²) in [7, 11) is 0. The number of fused-ring (bicyclic) bond motifs is 1.